The number of aliphatic hydroxyl groups excluding tert-OH is 1. The van der Waals surface area contributed by atoms with Crippen molar-refractivity contribution in [2.45, 2.75) is 32.3 Å². The van der Waals surface area contributed by atoms with Crippen LogP contribution in [0.4, 0.5) is 5.82 Å². The Morgan fingerprint density at radius 3 is 2.62 bits per heavy atom. The summed E-state index contributed by atoms with van der Waals surface area (Å²) in [6.45, 7) is 3.82. The van der Waals surface area contributed by atoms with Gasteiger partial charge >= 0.3 is 0 Å². The Morgan fingerprint density at radius 1 is 1.19 bits per heavy atom. The molecule has 3 aromatic rings. The van der Waals surface area contributed by atoms with E-state index in [1.165, 1.54) is 0 Å². The van der Waals surface area contributed by atoms with Crippen LogP contribution in [0.1, 0.15) is 26.2 Å². The third-order valence-corrected chi connectivity index (χ3v) is 5.31. The molecule has 1 aliphatic heterocycles. The first-order valence-electron chi connectivity index (χ1n) is 9.20. The summed E-state index contributed by atoms with van der Waals surface area (Å²) in [7, 11) is 1.90. The SMILES string of the molecule is CCC(O)C1CCN(c2nc(-c3ccncc3)nc3c2cnn3C)CC1. The number of fused-ring (bicyclic) bond motifs is 1. The normalized spacial score (nSPS) is 17.0. The number of hydrogen-bond donors (Lipinski definition) is 1. The summed E-state index contributed by atoms with van der Waals surface area (Å²) >= 11 is 0. The van der Waals surface area contributed by atoms with Crippen molar-refractivity contribution >= 4 is 16.9 Å². The summed E-state index contributed by atoms with van der Waals surface area (Å²) in [6, 6.07) is 3.84. The molecule has 0 spiro atoms. The number of aliphatic hydroxyl groups is 1. The second kappa shape index (κ2) is 6.99. The highest BCUT2D eigenvalue weighted by Gasteiger charge is 2.26. The minimum atomic E-state index is -0.201. The van der Waals surface area contributed by atoms with Crippen LogP contribution >= 0.6 is 0 Å². The Bertz CT molecular complexity index is 886. The number of hydrogen-bond acceptors (Lipinski definition) is 6. The lowest BCUT2D eigenvalue weighted by Crippen LogP contribution is -2.38. The minimum absolute atomic E-state index is 0.201. The maximum absolute atomic E-state index is 10.1. The van der Waals surface area contributed by atoms with Gasteiger partial charge < -0.3 is 10.0 Å². The van der Waals surface area contributed by atoms with Crippen LogP contribution in [0.2, 0.25) is 0 Å². The van der Waals surface area contributed by atoms with Crippen molar-refractivity contribution in [3.63, 3.8) is 0 Å². The molecule has 1 atom stereocenters. The maximum Gasteiger partial charge on any atom is 0.164 e. The topological polar surface area (TPSA) is 80.0 Å². The molecule has 1 saturated heterocycles. The Balaban J connectivity index is 1.71. The fraction of sp³-hybridized carbons (Fsp3) is 0.474. The molecule has 26 heavy (non-hydrogen) atoms. The molecule has 0 bridgehead atoms. The quantitative estimate of drug-likeness (QED) is 0.777. The van der Waals surface area contributed by atoms with E-state index in [9.17, 15) is 5.11 Å². The van der Waals surface area contributed by atoms with Crippen molar-refractivity contribution < 1.29 is 5.11 Å². The minimum Gasteiger partial charge on any atom is -0.393 e. The summed E-state index contributed by atoms with van der Waals surface area (Å²) in [5.74, 6) is 2.00. The average Bonchev–Trinajstić information content (AvgIpc) is 3.08. The van der Waals surface area contributed by atoms with Gasteiger partial charge in [-0.1, -0.05) is 6.92 Å². The molecule has 0 saturated carbocycles. The van der Waals surface area contributed by atoms with Crippen molar-refractivity contribution in [3.8, 4) is 11.4 Å². The molecular weight excluding hydrogens is 328 g/mol. The lowest BCUT2D eigenvalue weighted by Gasteiger charge is -2.35. The van der Waals surface area contributed by atoms with Crippen molar-refractivity contribution in [1.82, 2.24) is 24.7 Å². The second-order valence-electron chi connectivity index (χ2n) is 6.91. The third kappa shape index (κ3) is 3.03. The van der Waals surface area contributed by atoms with Crippen molar-refractivity contribution in [2.24, 2.45) is 13.0 Å². The van der Waals surface area contributed by atoms with E-state index in [1.54, 1.807) is 17.1 Å². The Morgan fingerprint density at radius 2 is 1.92 bits per heavy atom. The van der Waals surface area contributed by atoms with Crippen LogP contribution in [-0.4, -0.2) is 49.0 Å². The zero-order chi connectivity index (χ0) is 18.1. The Labute approximate surface area is 152 Å². The second-order valence-corrected chi connectivity index (χ2v) is 6.91. The van der Waals surface area contributed by atoms with Gasteiger partial charge in [0, 0.05) is 38.1 Å². The van der Waals surface area contributed by atoms with Crippen LogP contribution in [-0.2, 0) is 7.05 Å². The zero-order valence-corrected chi connectivity index (χ0v) is 15.2. The number of aromatic nitrogens is 5. The molecule has 7 nitrogen and oxygen atoms in total. The molecule has 1 unspecified atom stereocenters. The lowest BCUT2D eigenvalue weighted by molar-refractivity contribution is 0.0892. The van der Waals surface area contributed by atoms with Gasteiger partial charge in [0.2, 0.25) is 0 Å². The van der Waals surface area contributed by atoms with E-state index in [2.05, 4.69) is 15.0 Å². The van der Waals surface area contributed by atoms with Crippen LogP contribution in [0, 0.1) is 5.92 Å². The first-order chi connectivity index (χ1) is 12.7. The summed E-state index contributed by atoms with van der Waals surface area (Å²) in [5, 5.41) is 15.5. The third-order valence-electron chi connectivity index (χ3n) is 5.31. The summed E-state index contributed by atoms with van der Waals surface area (Å²) in [5.41, 5.74) is 1.78. The smallest absolute Gasteiger partial charge is 0.164 e. The van der Waals surface area contributed by atoms with E-state index in [4.69, 9.17) is 9.97 Å². The van der Waals surface area contributed by atoms with E-state index in [0.717, 1.165) is 54.8 Å². The van der Waals surface area contributed by atoms with Crippen LogP contribution in [0.5, 0.6) is 0 Å². The molecule has 0 aliphatic carbocycles. The highest BCUT2D eigenvalue weighted by molar-refractivity contribution is 5.88. The van der Waals surface area contributed by atoms with Crippen molar-refractivity contribution in [1.29, 1.82) is 0 Å². The number of anilines is 1. The van der Waals surface area contributed by atoms with Gasteiger partial charge in [0.1, 0.15) is 5.82 Å². The molecule has 1 aliphatic rings. The van der Waals surface area contributed by atoms with Gasteiger partial charge in [-0.3, -0.25) is 9.67 Å². The maximum atomic E-state index is 10.1. The number of rotatable bonds is 4. The van der Waals surface area contributed by atoms with Crippen LogP contribution < -0.4 is 4.90 Å². The largest absolute Gasteiger partial charge is 0.393 e. The molecule has 4 rings (SSSR count). The fourth-order valence-corrected chi connectivity index (χ4v) is 3.71. The van der Waals surface area contributed by atoms with Gasteiger partial charge in [-0.25, -0.2) is 9.97 Å². The molecule has 136 valence electrons. The highest BCUT2D eigenvalue weighted by Crippen LogP contribution is 2.31. The number of aryl methyl sites for hydroxylation is 1. The van der Waals surface area contributed by atoms with Gasteiger partial charge in [-0.05, 0) is 37.3 Å². The fourth-order valence-electron chi connectivity index (χ4n) is 3.71. The summed E-state index contributed by atoms with van der Waals surface area (Å²) in [6.07, 6.45) is 7.92. The monoisotopic (exact) mass is 352 g/mol. The van der Waals surface area contributed by atoms with Gasteiger partial charge in [0.15, 0.2) is 11.5 Å². The highest BCUT2D eigenvalue weighted by atomic mass is 16.3. The van der Waals surface area contributed by atoms with E-state index in [1.807, 2.05) is 32.3 Å². The number of pyridine rings is 1. The summed E-state index contributed by atoms with van der Waals surface area (Å²) in [4.78, 5) is 16.0. The first kappa shape index (κ1) is 16.9. The zero-order valence-electron chi connectivity index (χ0n) is 15.2. The van der Waals surface area contributed by atoms with E-state index in [0.29, 0.717) is 11.7 Å². The first-order valence-corrected chi connectivity index (χ1v) is 9.20. The average molecular weight is 352 g/mol. The molecule has 7 heteroatoms. The molecule has 0 radical (unpaired) electrons. The molecule has 3 aromatic heterocycles. The van der Waals surface area contributed by atoms with Crippen LogP contribution in [0.15, 0.2) is 30.7 Å². The van der Waals surface area contributed by atoms with Gasteiger partial charge in [-0.2, -0.15) is 5.10 Å². The molecule has 4 heterocycles. The molecule has 0 aromatic carbocycles. The lowest BCUT2D eigenvalue weighted by atomic mass is 9.90. The molecule has 1 N–H and O–H groups in total. The van der Waals surface area contributed by atoms with Gasteiger partial charge in [0.25, 0.3) is 0 Å². The standard InChI is InChI=1S/C19H24N6O/c1-3-16(26)13-6-10-25(11-7-13)19-15-12-21-24(2)18(15)22-17(23-19)14-4-8-20-9-5-14/h4-5,8-9,12-13,16,26H,3,6-7,10-11H2,1-2H3. The van der Waals surface area contributed by atoms with Gasteiger partial charge in [-0.15, -0.1) is 0 Å². The van der Waals surface area contributed by atoms with Crippen LogP contribution in [0.25, 0.3) is 22.4 Å². The van der Waals surface area contributed by atoms with E-state index < -0.39 is 0 Å². The van der Waals surface area contributed by atoms with Crippen LogP contribution in [0.3, 0.4) is 0 Å². The Hall–Kier alpha value is -2.54. The van der Waals surface area contributed by atoms with E-state index in [-0.39, 0.29) is 6.10 Å². The number of piperidine rings is 1. The predicted molar refractivity (Wildman–Crippen MR) is 101 cm³/mol. The van der Waals surface area contributed by atoms with Crippen molar-refractivity contribution in [2.75, 3.05) is 18.0 Å². The summed E-state index contributed by atoms with van der Waals surface area (Å²) < 4.78 is 1.79. The predicted octanol–water partition coefficient (Wildman–Crippen LogP) is 2.41. The molecule has 0 amide bonds. The molecular formula is C19H24N6O. The Kier molecular flexibility index (Phi) is 4.55. The van der Waals surface area contributed by atoms with Crippen molar-refractivity contribution in [3.05, 3.63) is 30.7 Å². The van der Waals surface area contributed by atoms with E-state index >= 15 is 0 Å². The van der Waals surface area contributed by atoms with Gasteiger partial charge in [0.05, 0.1) is 17.7 Å². The number of nitrogens with zero attached hydrogens (tertiary/aromatic N) is 6. The molecule has 1 fully saturated rings.